The van der Waals surface area contributed by atoms with Crippen LogP contribution in [0.2, 0.25) is 0 Å². The van der Waals surface area contributed by atoms with E-state index in [2.05, 4.69) is 12.1 Å². The predicted molar refractivity (Wildman–Crippen MR) is 94.9 cm³/mol. The minimum Gasteiger partial charge on any atom is -0.481 e. The van der Waals surface area contributed by atoms with Gasteiger partial charge in [0.15, 0.2) is 6.29 Å². The zero-order chi connectivity index (χ0) is 17.5. The van der Waals surface area contributed by atoms with Crippen molar-refractivity contribution in [2.24, 2.45) is 5.92 Å². The van der Waals surface area contributed by atoms with Crippen molar-refractivity contribution < 1.29 is 19.4 Å². The lowest BCUT2D eigenvalue weighted by atomic mass is 9.92. The van der Waals surface area contributed by atoms with Crippen LogP contribution in [0.15, 0.2) is 72.8 Å². The number of hydrogen-bond acceptors (Lipinski definition) is 3. The summed E-state index contributed by atoms with van der Waals surface area (Å²) in [6.07, 6.45) is 3.88. The van der Waals surface area contributed by atoms with Gasteiger partial charge in [0.1, 0.15) is 0 Å². The molecular formula is C21H22O4. The quantitative estimate of drug-likeness (QED) is 0.787. The first kappa shape index (κ1) is 17.4. The second-order valence-electron chi connectivity index (χ2n) is 6.11. The van der Waals surface area contributed by atoms with Crippen LogP contribution in [0.25, 0.3) is 0 Å². The molecule has 0 aromatic heterocycles. The lowest BCUT2D eigenvalue weighted by Crippen LogP contribution is -2.30. The average Bonchev–Trinajstić information content (AvgIpc) is 2.66. The first-order valence-corrected chi connectivity index (χ1v) is 8.48. The van der Waals surface area contributed by atoms with Gasteiger partial charge in [0.25, 0.3) is 0 Å². The van der Waals surface area contributed by atoms with E-state index in [1.54, 1.807) is 6.08 Å². The largest absolute Gasteiger partial charge is 0.481 e. The van der Waals surface area contributed by atoms with Crippen molar-refractivity contribution in [3.8, 4) is 0 Å². The predicted octanol–water partition coefficient (Wildman–Crippen LogP) is 4.51. The molecule has 25 heavy (non-hydrogen) atoms. The van der Waals surface area contributed by atoms with Crippen molar-refractivity contribution in [1.82, 2.24) is 0 Å². The summed E-state index contributed by atoms with van der Waals surface area (Å²) in [7, 11) is 0. The molecule has 3 atom stereocenters. The SMILES string of the molecule is O=C(O)C/C=C\C[C@@H]1COC(c2ccccc2)O[C@@H]1c1ccccc1. The lowest BCUT2D eigenvalue weighted by Gasteiger charge is -2.36. The number of allylic oxidation sites excluding steroid dienone is 1. The zero-order valence-electron chi connectivity index (χ0n) is 14.0. The topological polar surface area (TPSA) is 55.8 Å². The van der Waals surface area contributed by atoms with Gasteiger partial charge >= 0.3 is 5.97 Å². The number of aliphatic carboxylic acids is 1. The summed E-state index contributed by atoms with van der Waals surface area (Å²) in [5, 5.41) is 8.74. The van der Waals surface area contributed by atoms with Crippen LogP contribution in [0.4, 0.5) is 0 Å². The molecule has 1 heterocycles. The van der Waals surface area contributed by atoms with Gasteiger partial charge in [-0.15, -0.1) is 0 Å². The van der Waals surface area contributed by atoms with Gasteiger partial charge in [0.05, 0.1) is 19.1 Å². The summed E-state index contributed by atoms with van der Waals surface area (Å²) in [5.74, 6) is -0.677. The summed E-state index contributed by atoms with van der Waals surface area (Å²) < 4.78 is 12.2. The summed E-state index contributed by atoms with van der Waals surface area (Å²) >= 11 is 0. The number of rotatable bonds is 6. The molecule has 0 spiro atoms. The molecule has 4 heteroatoms. The van der Waals surface area contributed by atoms with Crippen LogP contribution >= 0.6 is 0 Å². The van der Waals surface area contributed by atoms with Crippen molar-refractivity contribution in [3.05, 3.63) is 83.9 Å². The van der Waals surface area contributed by atoms with Crippen molar-refractivity contribution in [2.75, 3.05) is 6.61 Å². The maximum absolute atomic E-state index is 10.6. The first-order valence-electron chi connectivity index (χ1n) is 8.48. The average molecular weight is 338 g/mol. The molecule has 2 aromatic rings. The molecule has 1 aliphatic rings. The fraction of sp³-hybridized carbons (Fsp3) is 0.286. The molecule has 0 amide bonds. The van der Waals surface area contributed by atoms with E-state index in [0.717, 1.165) is 11.1 Å². The standard InChI is InChI=1S/C21H22O4/c22-19(23)14-8-7-13-18-15-24-21(17-11-5-2-6-12-17)25-20(18)16-9-3-1-4-10-16/h1-12,18,20-21H,13-15H2,(H,22,23)/b8-7-/t18-,20-,21?/m1/s1. The molecule has 2 aromatic carbocycles. The van der Waals surface area contributed by atoms with Gasteiger partial charge in [0, 0.05) is 11.5 Å². The Morgan fingerprint density at radius 3 is 2.28 bits per heavy atom. The number of ether oxygens (including phenoxy) is 2. The molecule has 4 nitrogen and oxygen atoms in total. The van der Waals surface area contributed by atoms with E-state index in [1.807, 2.05) is 54.6 Å². The van der Waals surface area contributed by atoms with Crippen molar-refractivity contribution >= 4 is 5.97 Å². The monoisotopic (exact) mass is 338 g/mol. The Kier molecular flexibility index (Phi) is 5.99. The highest BCUT2D eigenvalue weighted by atomic mass is 16.7. The molecule has 1 saturated heterocycles. The Morgan fingerprint density at radius 2 is 1.64 bits per heavy atom. The van der Waals surface area contributed by atoms with Crippen LogP contribution in [0.5, 0.6) is 0 Å². The third kappa shape index (κ3) is 4.78. The molecule has 1 unspecified atom stereocenters. The molecule has 1 fully saturated rings. The molecule has 0 saturated carbocycles. The fourth-order valence-electron chi connectivity index (χ4n) is 3.01. The van der Waals surface area contributed by atoms with Crippen LogP contribution in [0.3, 0.4) is 0 Å². The van der Waals surface area contributed by atoms with Gasteiger partial charge in [0.2, 0.25) is 0 Å². The van der Waals surface area contributed by atoms with Gasteiger partial charge in [-0.3, -0.25) is 4.79 Å². The van der Waals surface area contributed by atoms with Crippen LogP contribution in [-0.2, 0) is 14.3 Å². The highest BCUT2D eigenvalue weighted by Gasteiger charge is 2.33. The lowest BCUT2D eigenvalue weighted by molar-refractivity contribution is -0.243. The number of benzene rings is 2. The molecule has 1 N–H and O–H groups in total. The highest BCUT2D eigenvalue weighted by molar-refractivity contribution is 5.68. The summed E-state index contributed by atoms with van der Waals surface area (Å²) in [6, 6.07) is 20.0. The van der Waals surface area contributed by atoms with Crippen molar-refractivity contribution in [2.45, 2.75) is 25.2 Å². The van der Waals surface area contributed by atoms with E-state index in [0.29, 0.717) is 13.0 Å². The summed E-state index contributed by atoms with van der Waals surface area (Å²) in [4.78, 5) is 10.6. The van der Waals surface area contributed by atoms with Crippen LogP contribution in [-0.4, -0.2) is 17.7 Å². The number of carboxylic acid groups (broad SMARTS) is 1. The van der Waals surface area contributed by atoms with Gasteiger partial charge in [-0.05, 0) is 12.0 Å². The Bertz CT molecular complexity index is 696. The van der Waals surface area contributed by atoms with Crippen LogP contribution in [0.1, 0.15) is 36.4 Å². The Labute approximate surface area is 147 Å². The normalized spacial score (nSPS) is 23.6. The minimum absolute atomic E-state index is 0.0388. The summed E-state index contributed by atoms with van der Waals surface area (Å²) in [6.45, 7) is 0.566. The molecule has 3 rings (SSSR count). The van der Waals surface area contributed by atoms with Crippen LogP contribution in [0, 0.1) is 5.92 Å². The van der Waals surface area contributed by atoms with Gasteiger partial charge < -0.3 is 14.6 Å². The van der Waals surface area contributed by atoms with E-state index < -0.39 is 5.97 Å². The van der Waals surface area contributed by atoms with Gasteiger partial charge in [-0.25, -0.2) is 0 Å². The number of carboxylic acids is 1. The molecule has 0 aliphatic carbocycles. The highest BCUT2D eigenvalue weighted by Crippen LogP contribution is 2.39. The Hall–Kier alpha value is -2.43. The van der Waals surface area contributed by atoms with Gasteiger partial charge in [-0.1, -0.05) is 72.8 Å². The smallest absolute Gasteiger partial charge is 0.307 e. The second-order valence-corrected chi connectivity index (χ2v) is 6.11. The van der Waals surface area contributed by atoms with E-state index >= 15 is 0 Å². The maximum Gasteiger partial charge on any atom is 0.307 e. The minimum atomic E-state index is -0.823. The number of hydrogen-bond donors (Lipinski definition) is 1. The fourth-order valence-corrected chi connectivity index (χ4v) is 3.01. The summed E-state index contributed by atoms with van der Waals surface area (Å²) in [5.41, 5.74) is 2.12. The molecule has 0 bridgehead atoms. The third-order valence-corrected chi connectivity index (χ3v) is 4.26. The first-order chi connectivity index (χ1) is 12.2. The second kappa shape index (κ2) is 8.60. The molecule has 1 aliphatic heterocycles. The molecule has 130 valence electrons. The Balaban J connectivity index is 1.74. The van der Waals surface area contributed by atoms with E-state index in [4.69, 9.17) is 14.6 Å². The van der Waals surface area contributed by atoms with Gasteiger partial charge in [-0.2, -0.15) is 0 Å². The molecule has 0 radical (unpaired) electrons. The molecular weight excluding hydrogens is 316 g/mol. The van der Waals surface area contributed by atoms with Crippen LogP contribution < -0.4 is 0 Å². The van der Waals surface area contributed by atoms with E-state index in [-0.39, 0.29) is 24.7 Å². The van der Waals surface area contributed by atoms with E-state index in [1.165, 1.54) is 0 Å². The van der Waals surface area contributed by atoms with E-state index in [9.17, 15) is 4.79 Å². The zero-order valence-corrected chi connectivity index (χ0v) is 14.0. The Morgan fingerprint density at radius 1 is 1.00 bits per heavy atom. The third-order valence-electron chi connectivity index (χ3n) is 4.26. The van der Waals surface area contributed by atoms with Crippen molar-refractivity contribution in [1.29, 1.82) is 0 Å². The maximum atomic E-state index is 10.6. The number of carbonyl (C=O) groups is 1. The van der Waals surface area contributed by atoms with Crippen molar-refractivity contribution in [3.63, 3.8) is 0 Å².